The van der Waals surface area contributed by atoms with Gasteiger partial charge in [0.25, 0.3) is 0 Å². The Bertz CT molecular complexity index is 420. The maximum Gasteiger partial charge on any atom is 0.315 e. The van der Waals surface area contributed by atoms with E-state index < -0.39 is 11.8 Å². The number of aromatic nitrogens is 1. The molecule has 0 unspecified atom stereocenters. The number of hydrogen-bond acceptors (Lipinski definition) is 4. The fourth-order valence-corrected chi connectivity index (χ4v) is 1.20. The average Bonchev–Trinajstić information content (AvgIpc) is 2.31. The van der Waals surface area contributed by atoms with Crippen LogP contribution < -0.4 is 5.32 Å². The van der Waals surface area contributed by atoms with E-state index >= 15 is 0 Å². The van der Waals surface area contributed by atoms with Crippen LogP contribution >= 0.6 is 0 Å². The summed E-state index contributed by atoms with van der Waals surface area (Å²) in [5.41, 5.74) is 0.776. The van der Waals surface area contributed by atoms with Crippen molar-refractivity contribution in [2.45, 2.75) is 6.92 Å². The molecule has 6 nitrogen and oxygen atoms in total. The molecule has 92 valence electrons. The minimum absolute atomic E-state index is 0.119. The van der Waals surface area contributed by atoms with E-state index in [1.807, 2.05) is 0 Å². The topological polar surface area (TPSA) is 82.5 Å². The van der Waals surface area contributed by atoms with Crippen LogP contribution in [-0.4, -0.2) is 47.0 Å². The number of likely N-dealkylation sites (N-methyl/N-ethyl adjacent to an activating group) is 1. The van der Waals surface area contributed by atoms with E-state index in [-0.39, 0.29) is 13.2 Å². The number of amides is 2. The predicted molar refractivity (Wildman–Crippen MR) is 62.3 cm³/mol. The number of rotatable bonds is 3. The van der Waals surface area contributed by atoms with Crippen molar-refractivity contribution in [1.82, 2.24) is 9.88 Å². The summed E-state index contributed by atoms with van der Waals surface area (Å²) >= 11 is 0. The number of hydrogen-bond donors (Lipinski definition) is 2. The van der Waals surface area contributed by atoms with E-state index in [1.165, 1.54) is 13.2 Å². The highest BCUT2D eigenvalue weighted by molar-refractivity contribution is 6.39. The zero-order valence-corrected chi connectivity index (χ0v) is 9.80. The van der Waals surface area contributed by atoms with Gasteiger partial charge in [-0.3, -0.25) is 9.59 Å². The van der Waals surface area contributed by atoms with Gasteiger partial charge in [0, 0.05) is 19.8 Å². The standard InChI is InChI=1S/C11H15N3O3/c1-8-4-3-5-12-9(8)13-10(16)11(17)14(2)6-7-15/h3-5,15H,6-7H2,1-2H3,(H,12,13,16). The summed E-state index contributed by atoms with van der Waals surface area (Å²) in [5.74, 6) is -1.10. The van der Waals surface area contributed by atoms with E-state index in [0.29, 0.717) is 5.82 Å². The molecule has 0 aromatic carbocycles. The lowest BCUT2D eigenvalue weighted by Crippen LogP contribution is -2.38. The maximum atomic E-state index is 11.6. The average molecular weight is 237 g/mol. The zero-order chi connectivity index (χ0) is 12.8. The van der Waals surface area contributed by atoms with Crippen LogP contribution in [0.15, 0.2) is 18.3 Å². The van der Waals surface area contributed by atoms with Crippen molar-refractivity contribution < 1.29 is 14.7 Å². The van der Waals surface area contributed by atoms with Crippen molar-refractivity contribution in [2.24, 2.45) is 0 Å². The molecule has 0 fully saturated rings. The molecule has 2 N–H and O–H groups in total. The van der Waals surface area contributed by atoms with Gasteiger partial charge in [0.1, 0.15) is 5.82 Å². The zero-order valence-electron chi connectivity index (χ0n) is 9.80. The van der Waals surface area contributed by atoms with Gasteiger partial charge in [0.05, 0.1) is 6.61 Å². The first-order valence-corrected chi connectivity index (χ1v) is 5.15. The fourth-order valence-electron chi connectivity index (χ4n) is 1.20. The molecule has 0 atom stereocenters. The lowest BCUT2D eigenvalue weighted by Gasteiger charge is -2.15. The first-order chi connectivity index (χ1) is 8.06. The first-order valence-electron chi connectivity index (χ1n) is 5.15. The number of aryl methyl sites for hydroxylation is 1. The molecular formula is C11H15N3O3. The number of nitrogens with one attached hydrogen (secondary N) is 1. The summed E-state index contributed by atoms with van der Waals surface area (Å²) in [6.45, 7) is 1.72. The Morgan fingerprint density at radius 1 is 1.53 bits per heavy atom. The number of carbonyl (C=O) groups is 2. The van der Waals surface area contributed by atoms with Crippen LogP contribution in [0.25, 0.3) is 0 Å². The predicted octanol–water partition coefficient (Wildman–Crippen LogP) is -0.221. The van der Waals surface area contributed by atoms with Crippen molar-refractivity contribution >= 4 is 17.6 Å². The molecular weight excluding hydrogens is 222 g/mol. The molecule has 1 aromatic heterocycles. The van der Waals surface area contributed by atoms with Crippen molar-refractivity contribution in [3.05, 3.63) is 23.9 Å². The molecule has 0 saturated heterocycles. The lowest BCUT2D eigenvalue weighted by atomic mass is 10.3. The largest absolute Gasteiger partial charge is 0.395 e. The molecule has 1 rings (SSSR count). The summed E-state index contributed by atoms with van der Waals surface area (Å²) in [5, 5.41) is 11.1. The number of anilines is 1. The van der Waals surface area contributed by atoms with Crippen molar-refractivity contribution in [1.29, 1.82) is 0 Å². The van der Waals surface area contributed by atoms with Gasteiger partial charge in [-0.25, -0.2) is 4.98 Å². The van der Waals surface area contributed by atoms with Crippen molar-refractivity contribution in [3.8, 4) is 0 Å². The Kier molecular flexibility index (Phi) is 4.59. The van der Waals surface area contributed by atoms with Crippen LogP contribution in [0.3, 0.4) is 0 Å². The molecule has 0 aliphatic carbocycles. The number of aliphatic hydroxyl groups is 1. The number of nitrogens with zero attached hydrogens (tertiary/aromatic N) is 2. The summed E-state index contributed by atoms with van der Waals surface area (Å²) in [7, 11) is 1.45. The number of aliphatic hydroxyl groups excluding tert-OH is 1. The molecule has 0 aliphatic heterocycles. The third-order valence-electron chi connectivity index (χ3n) is 2.22. The van der Waals surface area contributed by atoms with Gasteiger partial charge < -0.3 is 15.3 Å². The SMILES string of the molecule is Cc1cccnc1NC(=O)C(=O)N(C)CCO. The monoisotopic (exact) mass is 237 g/mol. The van der Waals surface area contributed by atoms with E-state index in [1.54, 1.807) is 19.1 Å². The Morgan fingerprint density at radius 2 is 2.24 bits per heavy atom. The fraction of sp³-hybridized carbons (Fsp3) is 0.364. The highest BCUT2D eigenvalue weighted by Crippen LogP contribution is 2.08. The van der Waals surface area contributed by atoms with E-state index in [2.05, 4.69) is 10.3 Å². The van der Waals surface area contributed by atoms with Crippen LogP contribution in [0.2, 0.25) is 0 Å². The van der Waals surface area contributed by atoms with Gasteiger partial charge in [0.2, 0.25) is 0 Å². The normalized spacial score (nSPS) is 9.82. The molecule has 0 bridgehead atoms. The van der Waals surface area contributed by atoms with Gasteiger partial charge in [0.15, 0.2) is 0 Å². The van der Waals surface area contributed by atoms with E-state index in [9.17, 15) is 9.59 Å². The molecule has 1 heterocycles. The quantitative estimate of drug-likeness (QED) is 0.712. The van der Waals surface area contributed by atoms with Crippen LogP contribution in [0.1, 0.15) is 5.56 Å². The second-order valence-electron chi connectivity index (χ2n) is 3.57. The molecule has 2 amide bonds. The van der Waals surface area contributed by atoms with Gasteiger partial charge in [-0.1, -0.05) is 6.07 Å². The maximum absolute atomic E-state index is 11.6. The summed E-state index contributed by atoms with van der Waals surface area (Å²) in [6.07, 6.45) is 1.53. The lowest BCUT2D eigenvalue weighted by molar-refractivity contribution is -0.142. The smallest absolute Gasteiger partial charge is 0.315 e. The molecule has 6 heteroatoms. The molecule has 0 aliphatic rings. The molecule has 1 aromatic rings. The summed E-state index contributed by atoms with van der Waals surface area (Å²) < 4.78 is 0. The van der Waals surface area contributed by atoms with Crippen LogP contribution in [0.4, 0.5) is 5.82 Å². The molecule has 0 spiro atoms. The number of pyridine rings is 1. The minimum atomic E-state index is -0.761. The third-order valence-corrected chi connectivity index (χ3v) is 2.22. The second-order valence-corrected chi connectivity index (χ2v) is 3.57. The Balaban J connectivity index is 2.67. The van der Waals surface area contributed by atoms with Crippen molar-refractivity contribution in [3.63, 3.8) is 0 Å². The highest BCUT2D eigenvalue weighted by Gasteiger charge is 2.19. The molecule has 0 saturated carbocycles. The Morgan fingerprint density at radius 3 is 2.82 bits per heavy atom. The van der Waals surface area contributed by atoms with Gasteiger partial charge in [-0.05, 0) is 18.6 Å². The molecule has 17 heavy (non-hydrogen) atoms. The Labute approximate surface area is 99.3 Å². The third kappa shape index (κ3) is 3.53. The summed E-state index contributed by atoms with van der Waals surface area (Å²) in [4.78, 5) is 28.2. The highest BCUT2D eigenvalue weighted by atomic mass is 16.3. The van der Waals surface area contributed by atoms with Crippen molar-refractivity contribution in [2.75, 3.05) is 25.5 Å². The van der Waals surface area contributed by atoms with E-state index in [4.69, 9.17) is 5.11 Å². The Hall–Kier alpha value is -1.95. The molecule has 0 radical (unpaired) electrons. The first kappa shape index (κ1) is 13.1. The second kappa shape index (κ2) is 5.95. The number of carbonyl (C=O) groups excluding carboxylic acids is 2. The van der Waals surface area contributed by atoms with Crippen LogP contribution in [-0.2, 0) is 9.59 Å². The van der Waals surface area contributed by atoms with E-state index in [0.717, 1.165) is 10.5 Å². The van der Waals surface area contributed by atoms with Gasteiger partial charge >= 0.3 is 11.8 Å². The van der Waals surface area contributed by atoms with Crippen LogP contribution in [0.5, 0.6) is 0 Å². The van der Waals surface area contributed by atoms with Gasteiger partial charge in [-0.15, -0.1) is 0 Å². The summed E-state index contributed by atoms with van der Waals surface area (Å²) in [6, 6.07) is 3.52. The van der Waals surface area contributed by atoms with Gasteiger partial charge in [-0.2, -0.15) is 0 Å². The minimum Gasteiger partial charge on any atom is -0.395 e. The van der Waals surface area contributed by atoms with Crippen LogP contribution in [0, 0.1) is 6.92 Å².